The monoisotopic (exact) mass is 235 g/mol. The van der Waals surface area contributed by atoms with E-state index in [2.05, 4.69) is 26.1 Å². The van der Waals surface area contributed by atoms with Crippen molar-refractivity contribution in [3.05, 3.63) is 23.8 Å². The molecule has 94 valence electrons. The van der Waals surface area contributed by atoms with Gasteiger partial charge in [0, 0.05) is 17.9 Å². The number of amides is 1. The fourth-order valence-corrected chi connectivity index (χ4v) is 1.39. The lowest BCUT2D eigenvalue weighted by atomic mass is 9.98. The predicted molar refractivity (Wildman–Crippen MR) is 71.9 cm³/mol. The highest BCUT2D eigenvalue weighted by atomic mass is 16.1. The second-order valence-corrected chi connectivity index (χ2v) is 4.77. The fraction of sp³-hybridized carbons (Fsp3) is 0.462. The Bertz CT molecular complexity index is 402. The molecule has 1 unspecified atom stereocenters. The summed E-state index contributed by atoms with van der Waals surface area (Å²) in [5.41, 5.74) is 12.6. The summed E-state index contributed by atoms with van der Waals surface area (Å²) in [7, 11) is 0. The van der Waals surface area contributed by atoms with Gasteiger partial charge in [0.25, 0.3) is 5.91 Å². The third kappa shape index (κ3) is 3.66. The minimum atomic E-state index is -0.497. The number of hydrogen-bond donors (Lipinski definition) is 3. The van der Waals surface area contributed by atoms with Gasteiger partial charge in [-0.25, -0.2) is 0 Å². The van der Waals surface area contributed by atoms with Crippen molar-refractivity contribution in [2.75, 3.05) is 17.6 Å². The lowest BCUT2D eigenvalue weighted by molar-refractivity contribution is 0.100. The minimum Gasteiger partial charge on any atom is -0.398 e. The van der Waals surface area contributed by atoms with Crippen LogP contribution < -0.4 is 16.8 Å². The molecule has 1 atom stereocenters. The van der Waals surface area contributed by atoms with Gasteiger partial charge in [0.1, 0.15) is 0 Å². The van der Waals surface area contributed by atoms with E-state index in [0.717, 1.165) is 12.2 Å². The topological polar surface area (TPSA) is 81.1 Å². The maximum Gasteiger partial charge on any atom is 0.250 e. The van der Waals surface area contributed by atoms with Crippen molar-refractivity contribution in [3.63, 3.8) is 0 Å². The van der Waals surface area contributed by atoms with E-state index in [9.17, 15) is 4.79 Å². The first-order chi connectivity index (χ1) is 7.91. The van der Waals surface area contributed by atoms with Gasteiger partial charge >= 0.3 is 0 Å². The predicted octanol–water partition coefficient (Wildman–Crippen LogP) is 2.07. The first-order valence-electron chi connectivity index (χ1n) is 5.85. The van der Waals surface area contributed by atoms with Crippen LogP contribution in [0, 0.1) is 11.8 Å². The Morgan fingerprint density at radius 1 is 1.35 bits per heavy atom. The number of carbonyl (C=O) groups excluding carboxylic acids is 1. The van der Waals surface area contributed by atoms with Crippen LogP contribution in [0.4, 0.5) is 11.4 Å². The van der Waals surface area contributed by atoms with E-state index < -0.39 is 5.91 Å². The summed E-state index contributed by atoms with van der Waals surface area (Å²) in [6.07, 6.45) is 0. The van der Waals surface area contributed by atoms with Crippen molar-refractivity contribution in [2.24, 2.45) is 17.6 Å². The molecule has 1 aromatic carbocycles. The number of nitrogens with one attached hydrogen (secondary N) is 1. The SMILES string of the molecule is CC(C)C(C)CNc1ccc(N)c(C(N)=O)c1. The molecule has 0 radical (unpaired) electrons. The number of carbonyl (C=O) groups is 1. The average Bonchev–Trinajstić information content (AvgIpc) is 2.26. The van der Waals surface area contributed by atoms with Crippen LogP contribution in [0.2, 0.25) is 0 Å². The molecule has 0 spiro atoms. The van der Waals surface area contributed by atoms with Crippen molar-refractivity contribution >= 4 is 17.3 Å². The molecule has 4 heteroatoms. The van der Waals surface area contributed by atoms with Crippen molar-refractivity contribution in [1.29, 1.82) is 0 Å². The van der Waals surface area contributed by atoms with E-state index in [4.69, 9.17) is 11.5 Å². The summed E-state index contributed by atoms with van der Waals surface area (Å²) in [5, 5.41) is 3.28. The minimum absolute atomic E-state index is 0.368. The van der Waals surface area contributed by atoms with Crippen LogP contribution in [0.15, 0.2) is 18.2 Å². The summed E-state index contributed by atoms with van der Waals surface area (Å²) < 4.78 is 0. The van der Waals surface area contributed by atoms with Crippen molar-refractivity contribution in [3.8, 4) is 0 Å². The summed E-state index contributed by atoms with van der Waals surface area (Å²) in [4.78, 5) is 11.1. The van der Waals surface area contributed by atoms with Crippen LogP contribution in [0.5, 0.6) is 0 Å². The first kappa shape index (κ1) is 13.4. The van der Waals surface area contributed by atoms with Crippen molar-refractivity contribution < 1.29 is 4.79 Å². The zero-order valence-corrected chi connectivity index (χ0v) is 10.7. The Balaban J connectivity index is 2.73. The molecular weight excluding hydrogens is 214 g/mol. The Hall–Kier alpha value is -1.71. The Labute approximate surface area is 102 Å². The number of rotatable bonds is 5. The molecule has 0 aliphatic heterocycles. The zero-order valence-electron chi connectivity index (χ0n) is 10.7. The Morgan fingerprint density at radius 3 is 2.53 bits per heavy atom. The average molecular weight is 235 g/mol. The van der Waals surface area contributed by atoms with Crippen LogP contribution in [-0.4, -0.2) is 12.5 Å². The van der Waals surface area contributed by atoms with Gasteiger partial charge in [-0.3, -0.25) is 4.79 Å². The molecule has 5 N–H and O–H groups in total. The van der Waals surface area contributed by atoms with Gasteiger partial charge in [0.15, 0.2) is 0 Å². The molecule has 0 bridgehead atoms. The highest BCUT2D eigenvalue weighted by Gasteiger charge is 2.09. The van der Waals surface area contributed by atoms with Crippen LogP contribution in [0.3, 0.4) is 0 Å². The Morgan fingerprint density at radius 2 is 2.00 bits per heavy atom. The van der Waals surface area contributed by atoms with Crippen LogP contribution in [0.25, 0.3) is 0 Å². The van der Waals surface area contributed by atoms with Gasteiger partial charge in [0.05, 0.1) is 5.56 Å². The third-order valence-corrected chi connectivity index (χ3v) is 3.08. The fourth-order valence-electron chi connectivity index (χ4n) is 1.39. The molecule has 0 saturated carbocycles. The molecule has 4 nitrogen and oxygen atoms in total. The van der Waals surface area contributed by atoms with Crippen LogP contribution in [-0.2, 0) is 0 Å². The molecule has 1 amide bonds. The van der Waals surface area contributed by atoms with E-state index in [1.54, 1.807) is 12.1 Å². The summed E-state index contributed by atoms with van der Waals surface area (Å²) in [5.74, 6) is 0.680. The maximum absolute atomic E-state index is 11.1. The molecule has 0 saturated heterocycles. The van der Waals surface area contributed by atoms with Crippen LogP contribution in [0.1, 0.15) is 31.1 Å². The van der Waals surface area contributed by atoms with Crippen molar-refractivity contribution in [1.82, 2.24) is 0 Å². The van der Waals surface area contributed by atoms with Gasteiger partial charge in [-0.2, -0.15) is 0 Å². The van der Waals surface area contributed by atoms with Gasteiger partial charge in [-0.1, -0.05) is 20.8 Å². The maximum atomic E-state index is 11.1. The second kappa shape index (κ2) is 5.57. The van der Waals surface area contributed by atoms with Gasteiger partial charge in [-0.05, 0) is 30.0 Å². The number of anilines is 2. The van der Waals surface area contributed by atoms with E-state index in [0.29, 0.717) is 23.1 Å². The number of benzene rings is 1. The molecule has 0 aromatic heterocycles. The van der Waals surface area contributed by atoms with Crippen LogP contribution >= 0.6 is 0 Å². The number of hydrogen-bond acceptors (Lipinski definition) is 3. The molecule has 0 aliphatic carbocycles. The lowest BCUT2D eigenvalue weighted by Crippen LogP contribution is -2.17. The molecule has 1 rings (SSSR count). The first-order valence-corrected chi connectivity index (χ1v) is 5.85. The van der Waals surface area contributed by atoms with Gasteiger partial charge in [-0.15, -0.1) is 0 Å². The molecule has 0 fully saturated rings. The lowest BCUT2D eigenvalue weighted by Gasteiger charge is -2.17. The molecule has 1 aromatic rings. The van der Waals surface area contributed by atoms with Gasteiger partial charge in [0.2, 0.25) is 0 Å². The quantitative estimate of drug-likeness (QED) is 0.683. The molecule has 17 heavy (non-hydrogen) atoms. The molecule has 0 heterocycles. The standard InChI is InChI=1S/C13H21N3O/c1-8(2)9(3)7-16-10-4-5-12(14)11(6-10)13(15)17/h4-6,8-9,16H,7,14H2,1-3H3,(H2,15,17). The highest BCUT2D eigenvalue weighted by Crippen LogP contribution is 2.18. The smallest absolute Gasteiger partial charge is 0.250 e. The normalized spacial score (nSPS) is 12.5. The summed E-state index contributed by atoms with van der Waals surface area (Å²) >= 11 is 0. The van der Waals surface area contributed by atoms with E-state index in [-0.39, 0.29) is 0 Å². The highest BCUT2D eigenvalue weighted by molar-refractivity contribution is 5.98. The van der Waals surface area contributed by atoms with Gasteiger partial charge < -0.3 is 16.8 Å². The summed E-state index contributed by atoms with van der Waals surface area (Å²) in [6, 6.07) is 5.25. The number of nitrogens with two attached hydrogens (primary N) is 2. The van der Waals surface area contributed by atoms with E-state index >= 15 is 0 Å². The number of primary amides is 1. The third-order valence-electron chi connectivity index (χ3n) is 3.08. The number of nitrogen functional groups attached to an aromatic ring is 1. The van der Waals surface area contributed by atoms with E-state index in [1.807, 2.05) is 6.07 Å². The van der Waals surface area contributed by atoms with Crippen molar-refractivity contribution in [2.45, 2.75) is 20.8 Å². The van der Waals surface area contributed by atoms with E-state index in [1.165, 1.54) is 0 Å². The summed E-state index contributed by atoms with van der Waals surface area (Å²) in [6.45, 7) is 7.41. The largest absolute Gasteiger partial charge is 0.398 e. The Kier molecular flexibility index (Phi) is 4.37. The molecular formula is C13H21N3O. The second-order valence-electron chi connectivity index (χ2n) is 4.77. The molecule has 0 aliphatic rings. The zero-order chi connectivity index (χ0) is 13.0.